The van der Waals surface area contributed by atoms with Crippen LogP contribution in [0.15, 0.2) is 24.3 Å². The Morgan fingerprint density at radius 2 is 2.00 bits per heavy atom. The lowest BCUT2D eigenvalue weighted by Crippen LogP contribution is -2.36. The molecule has 0 radical (unpaired) electrons. The number of nitrogens with one attached hydrogen (secondary N) is 2. The molecule has 21 heavy (non-hydrogen) atoms. The van der Waals surface area contributed by atoms with Crippen LogP contribution in [0.25, 0.3) is 10.2 Å². The molecule has 0 aliphatic carbocycles. The van der Waals surface area contributed by atoms with Gasteiger partial charge in [-0.15, -0.1) is 0 Å². The van der Waals surface area contributed by atoms with Gasteiger partial charge in [-0.1, -0.05) is 23.5 Å². The number of amides is 2. The van der Waals surface area contributed by atoms with Crippen LogP contribution in [0.5, 0.6) is 0 Å². The molecule has 2 N–H and O–H groups in total. The molecule has 6 nitrogen and oxygen atoms in total. The predicted molar refractivity (Wildman–Crippen MR) is 84.4 cm³/mol. The Balaban J connectivity index is 1.84. The third-order valence-electron chi connectivity index (χ3n) is 2.79. The van der Waals surface area contributed by atoms with Crippen molar-refractivity contribution in [1.82, 2.24) is 15.2 Å². The Kier molecular flexibility index (Phi) is 5.24. The number of carbonyl (C=O) groups excluding carboxylic acids is 2. The van der Waals surface area contributed by atoms with Crippen LogP contribution in [0, 0.1) is 0 Å². The molecular formula is C14H18N4O2S. The molecule has 1 aromatic carbocycles. The molecule has 0 unspecified atom stereocenters. The average molecular weight is 306 g/mol. The summed E-state index contributed by atoms with van der Waals surface area (Å²) in [5, 5.41) is 5.55. The van der Waals surface area contributed by atoms with Crippen LogP contribution in [0.1, 0.15) is 6.42 Å². The van der Waals surface area contributed by atoms with Gasteiger partial charge in [0.15, 0.2) is 5.13 Å². The maximum absolute atomic E-state index is 11.8. The third kappa shape index (κ3) is 4.51. The second kappa shape index (κ2) is 7.14. The highest BCUT2D eigenvalue weighted by Crippen LogP contribution is 2.25. The zero-order valence-electron chi connectivity index (χ0n) is 12.0. The lowest BCUT2D eigenvalue weighted by Gasteiger charge is -2.09. The quantitative estimate of drug-likeness (QED) is 0.645. The average Bonchev–Trinajstić information content (AvgIpc) is 2.85. The Hall–Kier alpha value is -1.99. The van der Waals surface area contributed by atoms with Gasteiger partial charge in [-0.05, 0) is 39.2 Å². The minimum atomic E-state index is -0.682. The second-order valence-corrected chi connectivity index (χ2v) is 5.88. The Labute approximate surface area is 127 Å². The Morgan fingerprint density at radius 1 is 1.24 bits per heavy atom. The van der Waals surface area contributed by atoms with Crippen LogP contribution in [0.3, 0.4) is 0 Å². The van der Waals surface area contributed by atoms with E-state index in [0.717, 1.165) is 23.2 Å². The van der Waals surface area contributed by atoms with E-state index >= 15 is 0 Å². The van der Waals surface area contributed by atoms with E-state index in [1.54, 1.807) is 0 Å². The lowest BCUT2D eigenvalue weighted by molar-refractivity contribution is -0.136. The first-order valence-electron chi connectivity index (χ1n) is 6.66. The maximum atomic E-state index is 11.8. The smallest absolute Gasteiger partial charge is 0.315 e. The van der Waals surface area contributed by atoms with Gasteiger partial charge in [0.25, 0.3) is 0 Å². The molecule has 0 fully saturated rings. The van der Waals surface area contributed by atoms with Crippen LogP contribution >= 0.6 is 11.3 Å². The van der Waals surface area contributed by atoms with Gasteiger partial charge in [0.1, 0.15) is 0 Å². The molecule has 7 heteroatoms. The summed E-state index contributed by atoms with van der Waals surface area (Å²) in [6.07, 6.45) is 0.799. The molecule has 1 aromatic heterocycles. The van der Waals surface area contributed by atoms with Crippen molar-refractivity contribution in [2.75, 3.05) is 32.5 Å². The van der Waals surface area contributed by atoms with Crippen molar-refractivity contribution in [2.24, 2.45) is 0 Å². The number of hydrogen-bond donors (Lipinski definition) is 2. The predicted octanol–water partition coefficient (Wildman–Crippen LogP) is 1.30. The van der Waals surface area contributed by atoms with E-state index in [-0.39, 0.29) is 0 Å². The molecule has 0 bridgehead atoms. The molecule has 0 aliphatic heterocycles. The van der Waals surface area contributed by atoms with Crippen molar-refractivity contribution < 1.29 is 9.59 Å². The first kappa shape index (κ1) is 15.4. The molecular weight excluding hydrogens is 288 g/mol. The number of anilines is 1. The number of nitrogens with zero attached hydrogens (tertiary/aromatic N) is 2. The monoisotopic (exact) mass is 306 g/mol. The topological polar surface area (TPSA) is 74.3 Å². The third-order valence-corrected chi connectivity index (χ3v) is 3.74. The van der Waals surface area contributed by atoms with Gasteiger partial charge in [0, 0.05) is 6.54 Å². The van der Waals surface area contributed by atoms with E-state index in [9.17, 15) is 9.59 Å². The van der Waals surface area contributed by atoms with E-state index < -0.39 is 11.8 Å². The largest absolute Gasteiger partial charge is 0.348 e. The van der Waals surface area contributed by atoms with Crippen LogP contribution in [0.2, 0.25) is 0 Å². The maximum Gasteiger partial charge on any atom is 0.315 e. The standard InChI is InChI=1S/C14H18N4O2S/c1-18(2)9-5-8-15-12(19)13(20)17-14-16-10-6-3-4-7-11(10)21-14/h3-4,6-7H,5,8-9H2,1-2H3,(H,15,19)(H,16,17,20). The lowest BCUT2D eigenvalue weighted by atomic mass is 10.3. The summed E-state index contributed by atoms with van der Waals surface area (Å²) in [5.41, 5.74) is 0.809. The van der Waals surface area contributed by atoms with Crippen LogP contribution < -0.4 is 10.6 Å². The van der Waals surface area contributed by atoms with Gasteiger partial charge in [-0.25, -0.2) is 4.98 Å². The number of hydrogen-bond acceptors (Lipinski definition) is 5. The summed E-state index contributed by atoms with van der Waals surface area (Å²) in [6.45, 7) is 1.34. The summed E-state index contributed by atoms with van der Waals surface area (Å²) in [7, 11) is 3.92. The first-order chi connectivity index (χ1) is 10.1. The number of thiazole rings is 1. The summed E-state index contributed by atoms with van der Waals surface area (Å²) in [4.78, 5) is 29.7. The normalized spacial score (nSPS) is 10.8. The van der Waals surface area contributed by atoms with Gasteiger partial charge in [-0.2, -0.15) is 0 Å². The fourth-order valence-electron chi connectivity index (χ4n) is 1.76. The molecule has 2 aromatic rings. The summed E-state index contributed by atoms with van der Waals surface area (Å²) in [6, 6.07) is 7.57. The number of carbonyl (C=O) groups is 2. The van der Waals surface area contributed by atoms with Crippen molar-refractivity contribution in [3.05, 3.63) is 24.3 Å². The molecule has 0 saturated carbocycles. The van der Waals surface area contributed by atoms with Crippen molar-refractivity contribution in [2.45, 2.75) is 6.42 Å². The summed E-state index contributed by atoms with van der Waals surface area (Å²) >= 11 is 1.35. The minimum absolute atomic E-state index is 0.435. The highest BCUT2D eigenvalue weighted by atomic mass is 32.1. The van der Waals surface area contributed by atoms with Crippen LogP contribution in [-0.4, -0.2) is 48.9 Å². The van der Waals surface area contributed by atoms with Gasteiger partial charge >= 0.3 is 11.8 Å². The van der Waals surface area contributed by atoms with E-state index in [0.29, 0.717) is 11.7 Å². The molecule has 1 heterocycles. The fraction of sp³-hybridized carbons (Fsp3) is 0.357. The molecule has 2 rings (SSSR count). The Bertz CT molecular complexity index is 606. The van der Waals surface area contributed by atoms with Gasteiger partial charge in [0.05, 0.1) is 10.2 Å². The molecule has 2 amide bonds. The van der Waals surface area contributed by atoms with Crippen molar-refractivity contribution in [1.29, 1.82) is 0 Å². The van der Waals surface area contributed by atoms with E-state index in [1.807, 2.05) is 43.3 Å². The Morgan fingerprint density at radius 3 is 2.71 bits per heavy atom. The van der Waals surface area contributed by atoms with Crippen molar-refractivity contribution in [3.8, 4) is 0 Å². The zero-order chi connectivity index (χ0) is 15.2. The number of fused-ring (bicyclic) bond motifs is 1. The van der Waals surface area contributed by atoms with E-state index in [4.69, 9.17) is 0 Å². The minimum Gasteiger partial charge on any atom is -0.348 e. The summed E-state index contributed by atoms with van der Waals surface area (Å²) < 4.78 is 0.971. The van der Waals surface area contributed by atoms with Gasteiger partial charge < -0.3 is 10.2 Å². The van der Waals surface area contributed by atoms with Crippen LogP contribution in [-0.2, 0) is 9.59 Å². The van der Waals surface area contributed by atoms with Gasteiger partial charge in [-0.3, -0.25) is 14.9 Å². The SMILES string of the molecule is CN(C)CCCNC(=O)C(=O)Nc1nc2ccccc2s1. The van der Waals surface area contributed by atoms with Crippen molar-refractivity contribution in [3.63, 3.8) is 0 Å². The molecule has 0 saturated heterocycles. The van der Waals surface area contributed by atoms with E-state index in [2.05, 4.69) is 15.6 Å². The number of para-hydroxylation sites is 1. The second-order valence-electron chi connectivity index (χ2n) is 4.85. The molecule has 0 spiro atoms. The summed E-state index contributed by atoms with van der Waals surface area (Å²) in [5.74, 6) is -1.31. The number of aromatic nitrogens is 1. The zero-order valence-corrected chi connectivity index (χ0v) is 12.9. The molecule has 0 atom stereocenters. The molecule has 112 valence electrons. The van der Waals surface area contributed by atoms with Crippen LogP contribution in [0.4, 0.5) is 5.13 Å². The fourth-order valence-corrected chi connectivity index (χ4v) is 2.62. The molecule has 0 aliphatic rings. The number of benzene rings is 1. The highest BCUT2D eigenvalue weighted by molar-refractivity contribution is 7.22. The van der Waals surface area contributed by atoms with Crippen molar-refractivity contribution >= 4 is 38.5 Å². The van der Waals surface area contributed by atoms with E-state index in [1.165, 1.54) is 11.3 Å². The first-order valence-corrected chi connectivity index (χ1v) is 7.47. The van der Waals surface area contributed by atoms with Gasteiger partial charge in [0.2, 0.25) is 0 Å². The highest BCUT2D eigenvalue weighted by Gasteiger charge is 2.15. The number of rotatable bonds is 5.